The molecule has 0 aliphatic rings. The van der Waals surface area contributed by atoms with Gasteiger partial charge in [-0.1, -0.05) is 45.2 Å². The Balaban J connectivity index is 2.01. The summed E-state index contributed by atoms with van der Waals surface area (Å²) in [4.78, 5) is 11.8. The van der Waals surface area contributed by atoms with Gasteiger partial charge in [0, 0.05) is 16.2 Å². The van der Waals surface area contributed by atoms with E-state index in [4.69, 9.17) is 23.2 Å². The Kier molecular flexibility index (Phi) is 5.24. The summed E-state index contributed by atoms with van der Waals surface area (Å²) in [5, 5.41) is 3.71. The van der Waals surface area contributed by atoms with Gasteiger partial charge in [-0.2, -0.15) is 0 Å². The molecule has 0 heterocycles. The second-order valence-corrected chi connectivity index (χ2v) is 5.73. The van der Waals surface area contributed by atoms with Crippen LogP contribution in [0.4, 0.5) is 5.69 Å². The first-order valence-corrected chi connectivity index (χ1v) is 7.29. The Hall–Kier alpha value is -1.29. The highest BCUT2D eigenvalue weighted by Crippen LogP contribution is 2.23. The van der Waals surface area contributed by atoms with Crippen LogP contribution >= 0.6 is 39.1 Å². The predicted molar refractivity (Wildman–Crippen MR) is 88.3 cm³/mol. The Bertz CT molecular complexity index is 653. The highest BCUT2D eigenvalue weighted by Gasteiger charge is 1.99. The van der Waals surface area contributed by atoms with E-state index in [2.05, 4.69) is 21.2 Å². The summed E-state index contributed by atoms with van der Waals surface area (Å²) in [6, 6.07) is 12.5. The molecule has 0 unspecified atom stereocenters. The molecule has 0 aromatic heterocycles. The lowest BCUT2D eigenvalue weighted by molar-refractivity contribution is -0.111. The van der Waals surface area contributed by atoms with E-state index < -0.39 is 0 Å². The molecular weight excluding hydrogens is 361 g/mol. The average Bonchev–Trinajstić information content (AvgIpc) is 2.43. The largest absolute Gasteiger partial charge is 0.323 e. The minimum atomic E-state index is -0.210. The van der Waals surface area contributed by atoms with Crippen LogP contribution in [0.2, 0.25) is 10.0 Å². The molecule has 0 aliphatic heterocycles. The zero-order valence-corrected chi connectivity index (χ0v) is 13.3. The minimum absolute atomic E-state index is 0.210. The third-order valence-corrected chi connectivity index (χ3v) is 3.75. The van der Waals surface area contributed by atoms with Gasteiger partial charge >= 0.3 is 0 Å². The van der Waals surface area contributed by atoms with Gasteiger partial charge in [0.25, 0.3) is 0 Å². The molecule has 0 fully saturated rings. The molecule has 0 aliphatic carbocycles. The van der Waals surface area contributed by atoms with Gasteiger partial charge in [0.2, 0.25) is 5.91 Å². The van der Waals surface area contributed by atoms with Crippen molar-refractivity contribution in [3.8, 4) is 0 Å². The van der Waals surface area contributed by atoms with Gasteiger partial charge in [0.15, 0.2) is 0 Å². The second kappa shape index (κ2) is 6.93. The van der Waals surface area contributed by atoms with E-state index in [0.29, 0.717) is 10.0 Å². The number of halogens is 3. The highest BCUT2D eigenvalue weighted by atomic mass is 79.9. The Morgan fingerprint density at radius 3 is 2.40 bits per heavy atom. The standard InChI is InChI=1S/C15H10BrCl2NO/c16-11-3-5-12(6-4-11)19-15(20)8-2-10-1-7-13(17)14(18)9-10/h1-9H,(H,19,20)/b8-2+. The summed E-state index contributed by atoms with van der Waals surface area (Å²) in [7, 11) is 0. The van der Waals surface area contributed by atoms with Crippen molar-refractivity contribution in [1.29, 1.82) is 0 Å². The van der Waals surface area contributed by atoms with Crippen molar-refractivity contribution < 1.29 is 4.79 Å². The molecule has 2 aromatic rings. The van der Waals surface area contributed by atoms with Crippen molar-refractivity contribution in [2.45, 2.75) is 0 Å². The maximum atomic E-state index is 11.8. The van der Waals surface area contributed by atoms with Crippen LogP contribution in [-0.4, -0.2) is 5.91 Å². The molecule has 2 aromatic carbocycles. The van der Waals surface area contributed by atoms with E-state index in [-0.39, 0.29) is 5.91 Å². The fourth-order valence-electron chi connectivity index (χ4n) is 1.51. The first-order valence-electron chi connectivity index (χ1n) is 5.74. The number of carbonyl (C=O) groups excluding carboxylic acids is 1. The molecule has 2 rings (SSSR count). The van der Waals surface area contributed by atoms with E-state index in [9.17, 15) is 4.79 Å². The van der Waals surface area contributed by atoms with Crippen molar-refractivity contribution in [3.05, 3.63) is 68.6 Å². The molecule has 0 saturated heterocycles. The van der Waals surface area contributed by atoms with Gasteiger partial charge in [-0.05, 0) is 48.0 Å². The van der Waals surface area contributed by atoms with Gasteiger partial charge in [-0.25, -0.2) is 0 Å². The number of hydrogen-bond donors (Lipinski definition) is 1. The lowest BCUT2D eigenvalue weighted by Crippen LogP contribution is -2.07. The van der Waals surface area contributed by atoms with Crippen LogP contribution in [0.3, 0.4) is 0 Å². The van der Waals surface area contributed by atoms with Crippen molar-refractivity contribution in [2.75, 3.05) is 5.32 Å². The minimum Gasteiger partial charge on any atom is -0.323 e. The van der Waals surface area contributed by atoms with Crippen LogP contribution in [0, 0.1) is 0 Å². The van der Waals surface area contributed by atoms with Crippen molar-refractivity contribution in [2.24, 2.45) is 0 Å². The highest BCUT2D eigenvalue weighted by molar-refractivity contribution is 9.10. The van der Waals surface area contributed by atoms with Crippen LogP contribution in [0.5, 0.6) is 0 Å². The lowest BCUT2D eigenvalue weighted by Gasteiger charge is -2.02. The number of benzene rings is 2. The van der Waals surface area contributed by atoms with Gasteiger partial charge in [-0.15, -0.1) is 0 Å². The van der Waals surface area contributed by atoms with E-state index in [0.717, 1.165) is 15.7 Å². The van der Waals surface area contributed by atoms with Crippen molar-refractivity contribution in [3.63, 3.8) is 0 Å². The third-order valence-electron chi connectivity index (χ3n) is 2.48. The third kappa shape index (κ3) is 4.37. The zero-order chi connectivity index (χ0) is 14.5. The smallest absolute Gasteiger partial charge is 0.248 e. The maximum absolute atomic E-state index is 11.8. The summed E-state index contributed by atoms with van der Waals surface area (Å²) < 4.78 is 0.960. The summed E-state index contributed by atoms with van der Waals surface area (Å²) in [5.74, 6) is -0.210. The van der Waals surface area contributed by atoms with Gasteiger partial charge < -0.3 is 5.32 Å². The maximum Gasteiger partial charge on any atom is 0.248 e. The molecule has 0 spiro atoms. The Labute approximate surface area is 135 Å². The molecule has 2 nitrogen and oxygen atoms in total. The van der Waals surface area contributed by atoms with Crippen LogP contribution in [0.1, 0.15) is 5.56 Å². The lowest BCUT2D eigenvalue weighted by atomic mass is 10.2. The fraction of sp³-hybridized carbons (Fsp3) is 0. The number of amides is 1. The normalized spacial score (nSPS) is 10.8. The van der Waals surface area contributed by atoms with E-state index in [1.807, 2.05) is 24.3 Å². The molecule has 102 valence electrons. The monoisotopic (exact) mass is 369 g/mol. The molecule has 1 amide bonds. The molecule has 0 bridgehead atoms. The Morgan fingerprint density at radius 2 is 1.75 bits per heavy atom. The quantitative estimate of drug-likeness (QED) is 0.719. The SMILES string of the molecule is O=C(/C=C/c1ccc(Cl)c(Cl)c1)Nc1ccc(Br)cc1. The molecule has 0 saturated carbocycles. The van der Waals surface area contributed by atoms with Crippen LogP contribution in [0.25, 0.3) is 6.08 Å². The molecular formula is C15H10BrCl2NO. The first-order chi connectivity index (χ1) is 9.54. The molecule has 0 radical (unpaired) electrons. The first kappa shape index (κ1) is 15.1. The predicted octanol–water partition coefficient (Wildman–Crippen LogP) is 5.41. The van der Waals surface area contributed by atoms with Crippen LogP contribution < -0.4 is 5.32 Å². The zero-order valence-electron chi connectivity index (χ0n) is 10.2. The number of hydrogen-bond acceptors (Lipinski definition) is 1. The summed E-state index contributed by atoms with van der Waals surface area (Å²) in [5.41, 5.74) is 1.54. The molecule has 0 atom stereocenters. The van der Waals surface area contributed by atoms with Crippen molar-refractivity contribution >= 4 is 56.8 Å². The Morgan fingerprint density at radius 1 is 1.05 bits per heavy atom. The second-order valence-electron chi connectivity index (χ2n) is 4.00. The van der Waals surface area contributed by atoms with Crippen molar-refractivity contribution in [1.82, 2.24) is 0 Å². The fourth-order valence-corrected chi connectivity index (χ4v) is 2.08. The summed E-state index contributed by atoms with van der Waals surface area (Å²) >= 11 is 15.1. The van der Waals surface area contributed by atoms with Gasteiger partial charge in [0.05, 0.1) is 10.0 Å². The van der Waals surface area contributed by atoms with Crippen LogP contribution in [-0.2, 0) is 4.79 Å². The topological polar surface area (TPSA) is 29.1 Å². The van der Waals surface area contributed by atoms with E-state index in [1.165, 1.54) is 6.08 Å². The van der Waals surface area contributed by atoms with E-state index >= 15 is 0 Å². The number of anilines is 1. The van der Waals surface area contributed by atoms with E-state index in [1.54, 1.807) is 24.3 Å². The average molecular weight is 371 g/mol. The summed E-state index contributed by atoms with van der Waals surface area (Å²) in [6.07, 6.45) is 3.12. The number of carbonyl (C=O) groups is 1. The molecule has 20 heavy (non-hydrogen) atoms. The molecule has 5 heteroatoms. The number of nitrogens with one attached hydrogen (secondary N) is 1. The van der Waals surface area contributed by atoms with Crippen LogP contribution in [0.15, 0.2) is 53.0 Å². The molecule has 1 N–H and O–H groups in total. The van der Waals surface area contributed by atoms with Gasteiger partial charge in [0.1, 0.15) is 0 Å². The number of rotatable bonds is 3. The van der Waals surface area contributed by atoms with Gasteiger partial charge in [-0.3, -0.25) is 4.79 Å². The summed E-state index contributed by atoms with van der Waals surface area (Å²) in [6.45, 7) is 0.